The number of aliphatic hydroxyl groups is 1. The van der Waals surface area contributed by atoms with Crippen molar-refractivity contribution in [3.63, 3.8) is 0 Å². The van der Waals surface area contributed by atoms with Crippen LogP contribution < -0.4 is 15.4 Å². The number of rotatable bonds is 18. The van der Waals surface area contributed by atoms with Crippen molar-refractivity contribution in [3.05, 3.63) is 35.9 Å². The Balaban J connectivity index is 1.37. The number of aldehydes is 1. The van der Waals surface area contributed by atoms with Gasteiger partial charge in [0.25, 0.3) is 11.8 Å². The van der Waals surface area contributed by atoms with Crippen LogP contribution in [-0.2, 0) is 49.5 Å². The van der Waals surface area contributed by atoms with Crippen LogP contribution in [0.15, 0.2) is 30.4 Å². The SMILES string of the molecule is [B]C(=O)OCc1ccc(OC2CC(O)CC(C=O)O2)c(NC(=O)CCNC(=O)CCOCCOCCN2C(=O)C=CC2=O)c1. The summed E-state index contributed by atoms with van der Waals surface area (Å²) in [6, 6.07) is 4.60. The van der Waals surface area contributed by atoms with E-state index in [0.29, 0.717) is 11.8 Å². The molecular weight excluding hydrogens is 581 g/mol. The molecule has 1 fully saturated rings. The van der Waals surface area contributed by atoms with Crippen LogP contribution in [0.3, 0.4) is 0 Å². The van der Waals surface area contributed by atoms with E-state index in [0.717, 1.165) is 4.90 Å². The molecule has 2 aliphatic rings. The Morgan fingerprint density at radius 3 is 2.45 bits per heavy atom. The van der Waals surface area contributed by atoms with Crippen LogP contribution in [0.2, 0.25) is 0 Å². The minimum atomic E-state index is -0.974. The first kappa shape index (κ1) is 34.4. The summed E-state index contributed by atoms with van der Waals surface area (Å²) >= 11 is 0. The summed E-state index contributed by atoms with van der Waals surface area (Å²) in [5, 5.41) is 15.3. The zero-order chi connectivity index (χ0) is 31.9. The number of imide groups is 1. The standard InChI is InChI=1S/C28H34BN3O12/c29-28(39)42-17-18-1-2-22(44-27-15-19(34)14-20(16-33)43-27)21(13-18)31-24(36)5-7-30-23(35)6-9-40-11-12-41-10-8-32-25(37)3-4-26(32)38/h1-4,13,16,19-20,27,34H,5-12,14-15,17H2,(H,30,35)(H,31,36). The molecule has 3 unspecified atom stereocenters. The maximum Gasteiger partial charge on any atom is 0.253 e. The highest BCUT2D eigenvalue weighted by atomic mass is 16.7. The minimum absolute atomic E-state index is 0.0379. The smallest absolute Gasteiger partial charge is 0.253 e. The van der Waals surface area contributed by atoms with Gasteiger partial charge in [-0.3, -0.25) is 28.9 Å². The molecule has 44 heavy (non-hydrogen) atoms. The highest BCUT2D eigenvalue weighted by molar-refractivity contribution is 6.55. The van der Waals surface area contributed by atoms with Crippen LogP contribution >= 0.6 is 0 Å². The van der Waals surface area contributed by atoms with E-state index in [9.17, 15) is 33.9 Å². The summed E-state index contributed by atoms with van der Waals surface area (Å²) in [7, 11) is 5.03. The molecule has 1 aromatic rings. The Morgan fingerprint density at radius 1 is 1.02 bits per heavy atom. The van der Waals surface area contributed by atoms with Crippen LogP contribution in [0.25, 0.3) is 0 Å². The van der Waals surface area contributed by atoms with Crippen molar-refractivity contribution in [1.29, 1.82) is 0 Å². The number of ether oxygens (including phenoxy) is 5. The number of hydrogen-bond acceptors (Lipinski definition) is 12. The second-order valence-electron chi connectivity index (χ2n) is 9.71. The Kier molecular flexibility index (Phi) is 14.0. The fraction of sp³-hybridized carbons (Fsp3) is 0.500. The Hall–Kier alpha value is -4.12. The highest BCUT2D eigenvalue weighted by Crippen LogP contribution is 2.30. The third-order valence-corrected chi connectivity index (χ3v) is 6.28. The summed E-state index contributed by atoms with van der Waals surface area (Å²) in [6.45, 7) is 0.747. The van der Waals surface area contributed by atoms with Gasteiger partial charge in [0, 0.05) is 44.4 Å². The predicted octanol–water partition coefficient (Wildman–Crippen LogP) is -0.271. The molecule has 1 saturated heterocycles. The van der Waals surface area contributed by atoms with E-state index in [1.807, 2.05) is 0 Å². The number of anilines is 1. The lowest BCUT2D eigenvalue weighted by Gasteiger charge is -2.31. The van der Waals surface area contributed by atoms with Gasteiger partial charge in [0.2, 0.25) is 31.8 Å². The van der Waals surface area contributed by atoms with Crippen molar-refractivity contribution in [3.8, 4) is 5.75 Å². The van der Waals surface area contributed by atoms with Gasteiger partial charge in [-0.2, -0.15) is 0 Å². The Bertz CT molecular complexity index is 1210. The molecule has 1 aromatic carbocycles. The maximum absolute atomic E-state index is 12.6. The molecule has 0 aromatic heterocycles. The molecule has 3 N–H and O–H groups in total. The molecule has 0 aliphatic carbocycles. The van der Waals surface area contributed by atoms with Gasteiger partial charge in [-0.1, -0.05) is 6.07 Å². The quantitative estimate of drug-likeness (QED) is 0.0848. The molecule has 15 nitrogen and oxygen atoms in total. The Morgan fingerprint density at radius 2 is 1.75 bits per heavy atom. The molecule has 3 rings (SSSR count). The number of benzene rings is 1. The normalized spacial score (nSPS) is 19.5. The fourth-order valence-electron chi connectivity index (χ4n) is 4.13. The monoisotopic (exact) mass is 615 g/mol. The topological polar surface area (TPSA) is 196 Å². The fourth-order valence-corrected chi connectivity index (χ4v) is 4.13. The zero-order valence-corrected chi connectivity index (χ0v) is 23.9. The molecule has 16 heteroatoms. The summed E-state index contributed by atoms with van der Waals surface area (Å²) in [6.07, 6.45) is 0.610. The molecule has 0 bridgehead atoms. The van der Waals surface area contributed by atoms with E-state index in [1.165, 1.54) is 24.3 Å². The van der Waals surface area contributed by atoms with E-state index in [1.54, 1.807) is 6.07 Å². The van der Waals surface area contributed by atoms with Gasteiger partial charge >= 0.3 is 0 Å². The maximum atomic E-state index is 12.6. The van der Waals surface area contributed by atoms with Gasteiger partial charge in [-0.05, 0) is 17.7 Å². The lowest BCUT2D eigenvalue weighted by Crippen LogP contribution is -2.39. The molecule has 2 radical (unpaired) electrons. The number of aliphatic hydroxyl groups excluding tert-OH is 1. The van der Waals surface area contributed by atoms with Crippen molar-refractivity contribution in [2.24, 2.45) is 0 Å². The number of carbonyl (C=O) groups excluding carboxylic acids is 6. The van der Waals surface area contributed by atoms with Gasteiger partial charge < -0.3 is 44.2 Å². The van der Waals surface area contributed by atoms with E-state index in [-0.39, 0.29) is 101 Å². The van der Waals surface area contributed by atoms with Crippen LogP contribution in [0, 0.1) is 0 Å². The van der Waals surface area contributed by atoms with Gasteiger partial charge in [0.15, 0.2) is 0 Å². The second-order valence-corrected chi connectivity index (χ2v) is 9.71. The van der Waals surface area contributed by atoms with Gasteiger partial charge in [-0.25, -0.2) is 0 Å². The largest absolute Gasteiger partial charge is 0.470 e. The van der Waals surface area contributed by atoms with Crippen molar-refractivity contribution in [2.75, 3.05) is 44.8 Å². The summed E-state index contributed by atoms with van der Waals surface area (Å²) in [5.74, 6) is -2.33. The highest BCUT2D eigenvalue weighted by Gasteiger charge is 2.30. The molecule has 0 spiro atoms. The molecule has 236 valence electrons. The summed E-state index contributed by atoms with van der Waals surface area (Å²) in [5.41, 5.74) is 0.707. The number of nitrogens with zero attached hydrogens (tertiary/aromatic N) is 1. The average Bonchev–Trinajstić information content (AvgIpc) is 3.30. The number of amides is 4. The summed E-state index contributed by atoms with van der Waals surface area (Å²) in [4.78, 5) is 70.8. The lowest BCUT2D eigenvalue weighted by atomic mass is 10.1. The number of hydrogen-bond donors (Lipinski definition) is 3. The van der Waals surface area contributed by atoms with Crippen LogP contribution in [0.1, 0.15) is 31.2 Å². The first-order valence-electron chi connectivity index (χ1n) is 13.9. The third kappa shape index (κ3) is 11.9. The van der Waals surface area contributed by atoms with Gasteiger partial charge in [0.05, 0.1) is 44.8 Å². The first-order chi connectivity index (χ1) is 21.1. The molecule has 2 heterocycles. The first-order valence-corrected chi connectivity index (χ1v) is 13.9. The van der Waals surface area contributed by atoms with Crippen LogP contribution in [0.4, 0.5) is 10.5 Å². The van der Waals surface area contributed by atoms with Crippen LogP contribution in [0.5, 0.6) is 5.75 Å². The average molecular weight is 615 g/mol. The van der Waals surface area contributed by atoms with E-state index >= 15 is 0 Å². The predicted molar refractivity (Wildman–Crippen MR) is 151 cm³/mol. The molecule has 4 amide bonds. The molecule has 0 saturated carbocycles. The molecular formula is C28H34BN3O12. The van der Waals surface area contributed by atoms with Gasteiger partial charge in [-0.15, -0.1) is 0 Å². The number of carbonyl (C=O) groups is 6. The zero-order valence-electron chi connectivity index (χ0n) is 23.9. The van der Waals surface area contributed by atoms with Crippen molar-refractivity contribution in [1.82, 2.24) is 10.2 Å². The lowest BCUT2D eigenvalue weighted by molar-refractivity contribution is -0.175. The van der Waals surface area contributed by atoms with E-state index in [2.05, 4.69) is 10.6 Å². The summed E-state index contributed by atoms with van der Waals surface area (Å²) < 4.78 is 26.8. The Labute approximate surface area is 254 Å². The minimum Gasteiger partial charge on any atom is -0.470 e. The second kappa shape index (κ2) is 17.9. The van der Waals surface area contributed by atoms with E-state index < -0.39 is 30.3 Å². The van der Waals surface area contributed by atoms with E-state index in [4.69, 9.17) is 31.5 Å². The van der Waals surface area contributed by atoms with Crippen molar-refractivity contribution >= 4 is 49.3 Å². The molecule has 2 aliphatic heterocycles. The molecule has 3 atom stereocenters. The van der Waals surface area contributed by atoms with Crippen molar-refractivity contribution < 1.29 is 57.6 Å². The van der Waals surface area contributed by atoms with Crippen molar-refractivity contribution in [2.45, 2.75) is 50.8 Å². The van der Waals surface area contributed by atoms with Crippen LogP contribution in [-0.4, -0.2) is 112 Å². The number of nitrogens with one attached hydrogen (secondary N) is 2. The third-order valence-electron chi connectivity index (χ3n) is 6.28. The van der Waals surface area contributed by atoms with Gasteiger partial charge in [0.1, 0.15) is 24.7 Å².